The van der Waals surface area contributed by atoms with E-state index in [2.05, 4.69) is 25.4 Å². The van der Waals surface area contributed by atoms with Gasteiger partial charge in [-0.2, -0.15) is 0 Å². The van der Waals surface area contributed by atoms with E-state index in [0.29, 0.717) is 34.0 Å². The monoisotopic (exact) mass is 465 g/mol. The minimum absolute atomic E-state index is 0.152. The van der Waals surface area contributed by atoms with Crippen LogP contribution >= 0.6 is 11.8 Å². The lowest BCUT2D eigenvalue weighted by molar-refractivity contribution is -0.113. The summed E-state index contributed by atoms with van der Waals surface area (Å²) in [6.45, 7) is 0. The van der Waals surface area contributed by atoms with Gasteiger partial charge in [0.05, 0.1) is 23.3 Å². The number of benzene rings is 1. The zero-order chi connectivity index (χ0) is 22.6. The molecule has 9 heteroatoms. The lowest BCUT2D eigenvalue weighted by atomic mass is 9.95. The van der Waals surface area contributed by atoms with Gasteiger partial charge in [-0.05, 0) is 49.9 Å². The number of carbonyl (C=O) groups is 2. The number of para-hydroxylation sites is 1. The molecule has 5 rings (SSSR count). The SMILES string of the molecule is O=C(CSc1nnc(-c2ccco2)n1C1CCCCC1)Nc1ccccc1C(=O)NC1CC1. The summed E-state index contributed by atoms with van der Waals surface area (Å²) in [5.74, 6) is 1.21. The van der Waals surface area contributed by atoms with E-state index in [4.69, 9.17) is 4.42 Å². The minimum atomic E-state index is -0.190. The highest BCUT2D eigenvalue weighted by atomic mass is 32.2. The Kier molecular flexibility index (Phi) is 6.48. The first kappa shape index (κ1) is 21.8. The molecular formula is C24H27N5O3S. The summed E-state index contributed by atoms with van der Waals surface area (Å²) in [5, 5.41) is 15.3. The van der Waals surface area contributed by atoms with E-state index in [-0.39, 0.29) is 23.6 Å². The van der Waals surface area contributed by atoms with Gasteiger partial charge >= 0.3 is 0 Å². The van der Waals surface area contributed by atoms with Crippen molar-refractivity contribution in [2.45, 2.75) is 62.2 Å². The van der Waals surface area contributed by atoms with Gasteiger partial charge in [-0.25, -0.2) is 0 Å². The first-order valence-electron chi connectivity index (χ1n) is 11.5. The molecule has 2 heterocycles. The summed E-state index contributed by atoms with van der Waals surface area (Å²) in [6.07, 6.45) is 9.37. The Morgan fingerprint density at radius 3 is 2.61 bits per heavy atom. The third-order valence-electron chi connectivity index (χ3n) is 6.04. The van der Waals surface area contributed by atoms with E-state index < -0.39 is 0 Å². The number of nitrogens with one attached hydrogen (secondary N) is 2. The van der Waals surface area contributed by atoms with Crippen molar-refractivity contribution in [2.75, 3.05) is 11.1 Å². The molecule has 0 aliphatic heterocycles. The lowest BCUT2D eigenvalue weighted by Gasteiger charge is -2.25. The number of furan rings is 1. The number of nitrogens with zero attached hydrogens (tertiary/aromatic N) is 3. The second-order valence-electron chi connectivity index (χ2n) is 8.58. The molecule has 0 saturated heterocycles. The third-order valence-corrected chi connectivity index (χ3v) is 6.98. The van der Waals surface area contributed by atoms with E-state index in [9.17, 15) is 9.59 Å². The Hall–Kier alpha value is -3.07. The van der Waals surface area contributed by atoms with Crippen molar-refractivity contribution in [3.63, 3.8) is 0 Å². The zero-order valence-electron chi connectivity index (χ0n) is 18.3. The summed E-state index contributed by atoms with van der Waals surface area (Å²) in [4.78, 5) is 25.3. The van der Waals surface area contributed by atoms with Crippen LogP contribution in [0.2, 0.25) is 0 Å². The molecule has 8 nitrogen and oxygen atoms in total. The highest BCUT2D eigenvalue weighted by Crippen LogP contribution is 2.35. The summed E-state index contributed by atoms with van der Waals surface area (Å²) >= 11 is 1.36. The smallest absolute Gasteiger partial charge is 0.253 e. The molecule has 0 unspecified atom stereocenters. The van der Waals surface area contributed by atoms with Crippen molar-refractivity contribution >= 4 is 29.3 Å². The van der Waals surface area contributed by atoms with Gasteiger partial charge in [-0.3, -0.25) is 14.2 Å². The van der Waals surface area contributed by atoms with Gasteiger partial charge < -0.3 is 15.1 Å². The van der Waals surface area contributed by atoms with Gasteiger partial charge in [0.2, 0.25) is 11.7 Å². The van der Waals surface area contributed by atoms with Crippen LogP contribution in [0.4, 0.5) is 5.69 Å². The van der Waals surface area contributed by atoms with Crippen molar-refractivity contribution in [3.05, 3.63) is 48.2 Å². The van der Waals surface area contributed by atoms with Crippen LogP contribution in [0, 0.1) is 0 Å². The van der Waals surface area contributed by atoms with E-state index >= 15 is 0 Å². The molecule has 2 aliphatic rings. The van der Waals surface area contributed by atoms with Crippen molar-refractivity contribution in [2.24, 2.45) is 0 Å². The molecule has 2 saturated carbocycles. The highest BCUT2D eigenvalue weighted by molar-refractivity contribution is 7.99. The number of rotatable bonds is 8. The second kappa shape index (κ2) is 9.82. The maximum absolute atomic E-state index is 12.8. The zero-order valence-corrected chi connectivity index (χ0v) is 19.1. The maximum Gasteiger partial charge on any atom is 0.253 e. The predicted molar refractivity (Wildman–Crippen MR) is 126 cm³/mol. The number of hydrogen-bond donors (Lipinski definition) is 2. The molecule has 2 amide bonds. The molecule has 33 heavy (non-hydrogen) atoms. The summed E-state index contributed by atoms with van der Waals surface area (Å²) in [7, 11) is 0. The Labute approximate surface area is 196 Å². The Balaban J connectivity index is 1.29. The molecule has 0 atom stereocenters. The average Bonchev–Trinajstić information content (AvgIpc) is 3.31. The summed E-state index contributed by atoms with van der Waals surface area (Å²) in [6, 6.07) is 11.4. The predicted octanol–water partition coefficient (Wildman–Crippen LogP) is 4.67. The van der Waals surface area contributed by atoms with Gasteiger partial charge in [-0.15, -0.1) is 10.2 Å². The van der Waals surface area contributed by atoms with Crippen molar-refractivity contribution in [1.29, 1.82) is 0 Å². The summed E-state index contributed by atoms with van der Waals surface area (Å²) in [5.41, 5.74) is 1.000. The van der Waals surface area contributed by atoms with Crippen LogP contribution in [-0.2, 0) is 4.79 Å². The molecule has 172 valence electrons. The topological polar surface area (TPSA) is 102 Å². The lowest BCUT2D eigenvalue weighted by Crippen LogP contribution is -2.27. The first-order chi connectivity index (χ1) is 16.2. The molecule has 2 N–H and O–H groups in total. The Morgan fingerprint density at radius 2 is 1.85 bits per heavy atom. The van der Waals surface area contributed by atoms with Crippen LogP contribution in [0.15, 0.2) is 52.2 Å². The van der Waals surface area contributed by atoms with Crippen LogP contribution in [0.1, 0.15) is 61.3 Å². The molecule has 0 bridgehead atoms. The first-order valence-corrected chi connectivity index (χ1v) is 12.5. The quantitative estimate of drug-likeness (QED) is 0.469. The van der Waals surface area contributed by atoms with Crippen LogP contribution in [0.25, 0.3) is 11.6 Å². The molecule has 2 aliphatic carbocycles. The van der Waals surface area contributed by atoms with E-state index in [1.807, 2.05) is 18.2 Å². The van der Waals surface area contributed by atoms with Crippen molar-refractivity contribution < 1.29 is 14.0 Å². The molecule has 0 radical (unpaired) electrons. The molecule has 2 aromatic heterocycles. The number of carbonyl (C=O) groups excluding carboxylic acids is 2. The van der Waals surface area contributed by atoms with E-state index in [1.165, 1.54) is 31.0 Å². The number of hydrogen-bond acceptors (Lipinski definition) is 6. The van der Waals surface area contributed by atoms with Gasteiger partial charge in [0.15, 0.2) is 10.9 Å². The van der Waals surface area contributed by atoms with Crippen LogP contribution < -0.4 is 10.6 Å². The third kappa shape index (κ3) is 5.13. The molecule has 2 fully saturated rings. The standard InChI is InChI=1S/C24H27N5O3S/c30-21(26-19-10-5-4-9-18(19)23(31)25-16-12-13-16)15-33-24-28-27-22(20-11-6-14-32-20)29(24)17-7-2-1-3-8-17/h4-6,9-11,14,16-17H,1-3,7-8,12-13,15H2,(H,25,31)(H,26,30). The molecular weight excluding hydrogens is 438 g/mol. The van der Waals surface area contributed by atoms with Crippen LogP contribution in [0.5, 0.6) is 0 Å². The van der Waals surface area contributed by atoms with Crippen LogP contribution in [-0.4, -0.2) is 38.4 Å². The molecule has 0 spiro atoms. The largest absolute Gasteiger partial charge is 0.461 e. The van der Waals surface area contributed by atoms with Crippen molar-refractivity contribution in [3.8, 4) is 11.6 Å². The number of aromatic nitrogens is 3. The number of amides is 2. The minimum Gasteiger partial charge on any atom is -0.461 e. The number of thioether (sulfide) groups is 1. The number of anilines is 1. The Bertz CT molecular complexity index is 1120. The van der Waals surface area contributed by atoms with Crippen LogP contribution in [0.3, 0.4) is 0 Å². The fraction of sp³-hybridized carbons (Fsp3) is 0.417. The second-order valence-corrected chi connectivity index (χ2v) is 9.52. The maximum atomic E-state index is 12.8. The van der Waals surface area contributed by atoms with Gasteiger partial charge in [0.25, 0.3) is 5.91 Å². The summed E-state index contributed by atoms with van der Waals surface area (Å²) < 4.78 is 7.72. The van der Waals surface area contributed by atoms with Gasteiger partial charge in [0.1, 0.15) is 0 Å². The Morgan fingerprint density at radius 1 is 1.03 bits per heavy atom. The fourth-order valence-electron chi connectivity index (χ4n) is 4.21. The van der Waals surface area contributed by atoms with Crippen molar-refractivity contribution in [1.82, 2.24) is 20.1 Å². The van der Waals surface area contributed by atoms with Gasteiger partial charge in [0, 0.05) is 12.1 Å². The highest BCUT2D eigenvalue weighted by Gasteiger charge is 2.26. The normalized spacial score (nSPS) is 16.5. The fourth-order valence-corrected chi connectivity index (χ4v) is 5.02. The van der Waals surface area contributed by atoms with Gasteiger partial charge in [-0.1, -0.05) is 43.2 Å². The van der Waals surface area contributed by atoms with E-state index in [1.54, 1.807) is 24.5 Å². The molecule has 3 aromatic rings. The molecule has 1 aromatic carbocycles. The van der Waals surface area contributed by atoms with E-state index in [0.717, 1.165) is 25.7 Å². The average molecular weight is 466 g/mol.